The van der Waals surface area contributed by atoms with Crippen molar-refractivity contribution in [1.82, 2.24) is 4.90 Å². The van der Waals surface area contributed by atoms with Gasteiger partial charge >= 0.3 is 6.09 Å². The topological polar surface area (TPSA) is 55.8 Å². The van der Waals surface area contributed by atoms with Crippen LogP contribution in [0.3, 0.4) is 0 Å². The van der Waals surface area contributed by atoms with Crippen LogP contribution in [0.25, 0.3) is 6.08 Å². The third-order valence-electron chi connectivity index (χ3n) is 4.87. The van der Waals surface area contributed by atoms with Gasteiger partial charge in [0.15, 0.2) is 0 Å². The van der Waals surface area contributed by atoms with Crippen molar-refractivity contribution in [1.29, 1.82) is 0 Å². The van der Waals surface area contributed by atoms with E-state index in [1.165, 1.54) is 11.0 Å². The summed E-state index contributed by atoms with van der Waals surface area (Å²) in [6, 6.07) is 16.6. The van der Waals surface area contributed by atoms with Gasteiger partial charge in [0, 0.05) is 6.08 Å². The Morgan fingerprint density at radius 2 is 1.85 bits per heavy atom. The maximum Gasteiger partial charge on any atom is 0.418 e. The number of benzene rings is 2. The van der Waals surface area contributed by atoms with Crippen LogP contribution in [0.15, 0.2) is 60.7 Å². The van der Waals surface area contributed by atoms with E-state index in [4.69, 9.17) is 9.47 Å². The Hall–Kier alpha value is -3.08. The Morgan fingerprint density at radius 1 is 1.15 bits per heavy atom. The molecule has 26 heavy (non-hydrogen) atoms. The molecule has 0 bridgehead atoms. The molecule has 0 aromatic heterocycles. The van der Waals surface area contributed by atoms with Gasteiger partial charge in [-0.2, -0.15) is 0 Å². The summed E-state index contributed by atoms with van der Waals surface area (Å²) < 4.78 is 10.7. The molecule has 1 spiro atoms. The van der Waals surface area contributed by atoms with E-state index in [2.05, 4.69) is 0 Å². The molecule has 1 heterocycles. The lowest BCUT2D eigenvalue weighted by Crippen LogP contribution is -2.34. The summed E-state index contributed by atoms with van der Waals surface area (Å²) in [7, 11) is 1.60. The van der Waals surface area contributed by atoms with Crippen molar-refractivity contribution < 1.29 is 19.1 Å². The summed E-state index contributed by atoms with van der Waals surface area (Å²) in [6.45, 7) is 0. The fourth-order valence-electron chi connectivity index (χ4n) is 3.39. The van der Waals surface area contributed by atoms with Crippen LogP contribution in [-0.2, 0) is 9.53 Å². The molecule has 2 aliphatic rings. The fraction of sp³-hybridized carbons (Fsp3) is 0.238. The SMILES string of the molecule is COc1ccc(/C=C/C(=O)N2C(=O)OC3(CC3)C2c2ccccc2)cc1. The molecule has 2 amide bonds. The number of rotatable bonds is 4. The molecule has 4 rings (SSSR count). The second-order valence-corrected chi connectivity index (χ2v) is 6.56. The summed E-state index contributed by atoms with van der Waals surface area (Å²) in [4.78, 5) is 26.4. The first-order chi connectivity index (χ1) is 12.6. The van der Waals surface area contributed by atoms with E-state index >= 15 is 0 Å². The van der Waals surface area contributed by atoms with Crippen molar-refractivity contribution in [2.24, 2.45) is 0 Å². The predicted molar refractivity (Wildman–Crippen MR) is 96.5 cm³/mol. The van der Waals surface area contributed by atoms with Crippen molar-refractivity contribution >= 4 is 18.1 Å². The van der Waals surface area contributed by atoms with Crippen molar-refractivity contribution in [2.45, 2.75) is 24.5 Å². The van der Waals surface area contributed by atoms with Gasteiger partial charge in [-0.3, -0.25) is 4.79 Å². The lowest BCUT2D eigenvalue weighted by Gasteiger charge is -2.22. The molecule has 2 aromatic rings. The van der Waals surface area contributed by atoms with Crippen molar-refractivity contribution in [3.63, 3.8) is 0 Å². The zero-order chi connectivity index (χ0) is 18.1. The minimum Gasteiger partial charge on any atom is -0.497 e. The first kappa shape index (κ1) is 16.4. The Labute approximate surface area is 151 Å². The van der Waals surface area contributed by atoms with Gasteiger partial charge in [0.05, 0.1) is 7.11 Å². The monoisotopic (exact) mass is 349 g/mol. The molecule has 0 N–H and O–H groups in total. The maximum atomic E-state index is 12.8. The first-order valence-corrected chi connectivity index (χ1v) is 8.56. The van der Waals surface area contributed by atoms with E-state index in [1.807, 2.05) is 54.6 Å². The number of nitrogens with zero attached hydrogens (tertiary/aromatic N) is 1. The smallest absolute Gasteiger partial charge is 0.418 e. The molecule has 1 saturated carbocycles. The highest BCUT2D eigenvalue weighted by atomic mass is 16.6. The minimum absolute atomic E-state index is 0.371. The Morgan fingerprint density at radius 3 is 2.46 bits per heavy atom. The second kappa shape index (κ2) is 6.33. The second-order valence-electron chi connectivity index (χ2n) is 6.56. The number of methoxy groups -OCH3 is 1. The molecular formula is C21H19NO4. The average molecular weight is 349 g/mol. The van der Waals surface area contributed by atoms with Crippen LogP contribution < -0.4 is 4.74 Å². The highest BCUT2D eigenvalue weighted by molar-refractivity contribution is 6.02. The third kappa shape index (κ3) is 2.86. The summed E-state index contributed by atoms with van der Waals surface area (Å²) in [5.41, 5.74) is 1.22. The summed E-state index contributed by atoms with van der Waals surface area (Å²) in [6.07, 6.45) is 4.10. The van der Waals surface area contributed by atoms with Crippen molar-refractivity contribution in [3.05, 3.63) is 71.8 Å². The number of ether oxygens (including phenoxy) is 2. The summed E-state index contributed by atoms with van der Waals surface area (Å²) in [5.74, 6) is 0.375. The van der Waals surface area contributed by atoms with E-state index in [0.29, 0.717) is 0 Å². The average Bonchev–Trinajstić information content (AvgIpc) is 3.37. The highest BCUT2D eigenvalue weighted by Crippen LogP contribution is 2.56. The Bertz CT molecular complexity index is 853. The fourth-order valence-corrected chi connectivity index (χ4v) is 3.39. The molecule has 1 unspecified atom stereocenters. The van der Waals surface area contributed by atoms with E-state index in [0.717, 1.165) is 29.7 Å². The van der Waals surface area contributed by atoms with Crippen LogP contribution in [0.1, 0.15) is 30.0 Å². The Kier molecular flexibility index (Phi) is 3.99. The van der Waals surface area contributed by atoms with Crippen molar-refractivity contribution in [3.8, 4) is 5.75 Å². The number of imide groups is 1. The van der Waals surface area contributed by atoms with Crippen LogP contribution >= 0.6 is 0 Å². The molecule has 1 saturated heterocycles. The molecule has 1 aliphatic heterocycles. The number of hydrogen-bond acceptors (Lipinski definition) is 4. The van der Waals surface area contributed by atoms with E-state index in [9.17, 15) is 9.59 Å². The lowest BCUT2D eigenvalue weighted by atomic mass is 9.99. The van der Waals surface area contributed by atoms with Gasteiger partial charge in [-0.25, -0.2) is 9.69 Å². The molecule has 5 nitrogen and oxygen atoms in total. The van der Waals surface area contributed by atoms with Crippen LogP contribution in [0.4, 0.5) is 4.79 Å². The number of amides is 2. The lowest BCUT2D eigenvalue weighted by molar-refractivity contribution is -0.124. The van der Waals surface area contributed by atoms with Gasteiger partial charge in [0.1, 0.15) is 17.4 Å². The molecule has 132 valence electrons. The van der Waals surface area contributed by atoms with Gasteiger partial charge in [-0.15, -0.1) is 0 Å². The molecule has 5 heteroatoms. The first-order valence-electron chi connectivity index (χ1n) is 8.56. The van der Waals surface area contributed by atoms with Crippen LogP contribution in [0.2, 0.25) is 0 Å². The zero-order valence-electron chi connectivity index (χ0n) is 14.4. The molecule has 2 fully saturated rings. The minimum atomic E-state index is -0.569. The van der Waals surface area contributed by atoms with E-state index in [-0.39, 0.29) is 11.9 Å². The third-order valence-corrected chi connectivity index (χ3v) is 4.87. The summed E-state index contributed by atoms with van der Waals surface area (Å²) in [5, 5.41) is 0. The van der Waals surface area contributed by atoms with Crippen LogP contribution in [0, 0.1) is 0 Å². The quantitative estimate of drug-likeness (QED) is 0.784. The van der Waals surface area contributed by atoms with Crippen LogP contribution in [-0.4, -0.2) is 29.6 Å². The van der Waals surface area contributed by atoms with Crippen molar-refractivity contribution in [2.75, 3.05) is 7.11 Å². The number of hydrogen-bond donors (Lipinski definition) is 0. The van der Waals surface area contributed by atoms with Crippen LogP contribution in [0.5, 0.6) is 5.75 Å². The molecule has 1 atom stereocenters. The maximum absolute atomic E-state index is 12.8. The number of carbonyl (C=O) groups is 2. The standard InChI is InChI=1S/C21H19NO4/c1-25-17-10-7-15(8-11-17)9-12-18(23)22-19(16-5-3-2-4-6-16)21(13-14-21)26-20(22)24/h2-12,19H,13-14H2,1H3/b12-9+. The van der Waals surface area contributed by atoms with Gasteiger partial charge in [0.2, 0.25) is 0 Å². The Balaban J connectivity index is 1.59. The number of carbonyl (C=O) groups excluding carboxylic acids is 2. The molecule has 0 radical (unpaired) electrons. The van der Waals surface area contributed by atoms with E-state index < -0.39 is 11.7 Å². The van der Waals surface area contributed by atoms with Gasteiger partial charge < -0.3 is 9.47 Å². The predicted octanol–water partition coefficient (Wildman–Crippen LogP) is 3.96. The summed E-state index contributed by atoms with van der Waals surface area (Å²) >= 11 is 0. The van der Waals surface area contributed by atoms with Gasteiger partial charge in [-0.05, 0) is 42.2 Å². The molecule has 1 aliphatic carbocycles. The largest absolute Gasteiger partial charge is 0.497 e. The van der Waals surface area contributed by atoms with Gasteiger partial charge in [-0.1, -0.05) is 42.5 Å². The highest BCUT2D eigenvalue weighted by Gasteiger charge is 2.63. The zero-order valence-corrected chi connectivity index (χ0v) is 14.4. The van der Waals surface area contributed by atoms with E-state index in [1.54, 1.807) is 13.2 Å². The molecular weight excluding hydrogens is 330 g/mol. The molecule has 2 aromatic carbocycles. The normalized spacial score (nSPS) is 20.4. The van der Waals surface area contributed by atoms with Gasteiger partial charge in [0.25, 0.3) is 5.91 Å².